The van der Waals surface area contributed by atoms with Gasteiger partial charge in [0, 0.05) is 25.8 Å². The van der Waals surface area contributed by atoms with Crippen LogP contribution in [0.25, 0.3) is 0 Å². The van der Waals surface area contributed by atoms with Crippen molar-refractivity contribution in [1.29, 1.82) is 0 Å². The van der Waals surface area contributed by atoms with E-state index < -0.39 is 5.91 Å². The minimum atomic E-state index is -0.424. The van der Waals surface area contributed by atoms with Gasteiger partial charge < -0.3 is 15.5 Å². The van der Waals surface area contributed by atoms with Gasteiger partial charge in [0.05, 0.1) is 5.56 Å². The first-order valence-electron chi connectivity index (χ1n) is 6.76. The van der Waals surface area contributed by atoms with Crippen LogP contribution in [0.2, 0.25) is 0 Å². The highest BCUT2D eigenvalue weighted by Crippen LogP contribution is 2.20. The zero-order chi connectivity index (χ0) is 13.8. The number of nitrogens with two attached hydrogens (primary N) is 1. The van der Waals surface area contributed by atoms with Gasteiger partial charge in [0.1, 0.15) is 5.82 Å². The van der Waals surface area contributed by atoms with E-state index in [2.05, 4.69) is 16.9 Å². The Morgan fingerprint density at radius 2 is 2.37 bits per heavy atom. The van der Waals surface area contributed by atoms with Crippen molar-refractivity contribution < 1.29 is 4.79 Å². The van der Waals surface area contributed by atoms with Gasteiger partial charge in [-0.15, -0.1) is 0 Å². The number of amides is 1. The van der Waals surface area contributed by atoms with E-state index in [-0.39, 0.29) is 0 Å². The minimum Gasteiger partial charge on any atom is -0.365 e. The Morgan fingerprint density at radius 1 is 1.58 bits per heavy atom. The average molecular weight is 262 g/mol. The fourth-order valence-electron chi connectivity index (χ4n) is 2.67. The van der Waals surface area contributed by atoms with Crippen LogP contribution in [0.1, 0.15) is 29.6 Å². The number of likely N-dealkylation sites (N-methyl/N-ethyl adjacent to an activating group) is 2. The van der Waals surface area contributed by atoms with E-state index >= 15 is 0 Å². The standard InChI is InChI=1S/C14H22N4O/c1-17-9-4-3-6-11(17)10-18(2)14-12(13(15)19)7-5-8-16-14/h5,7-8,11H,3-4,6,9-10H2,1-2H3,(H2,15,19)/t11-/m1/s1. The number of nitrogens with zero attached hydrogens (tertiary/aromatic N) is 3. The van der Waals surface area contributed by atoms with Crippen molar-refractivity contribution in [3.05, 3.63) is 23.9 Å². The number of hydrogen-bond acceptors (Lipinski definition) is 4. The van der Waals surface area contributed by atoms with Gasteiger partial charge in [-0.25, -0.2) is 4.98 Å². The molecule has 0 unspecified atom stereocenters. The molecule has 1 aromatic heterocycles. The minimum absolute atomic E-state index is 0.424. The molecule has 104 valence electrons. The highest BCUT2D eigenvalue weighted by Gasteiger charge is 2.22. The number of pyridine rings is 1. The van der Waals surface area contributed by atoms with Crippen molar-refractivity contribution in [2.45, 2.75) is 25.3 Å². The summed E-state index contributed by atoms with van der Waals surface area (Å²) in [7, 11) is 4.13. The molecule has 1 aliphatic rings. The van der Waals surface area contributed by atoms with Gasteiger partial charge in [-0.2, -0.15) is 0 Å². The van der Waals surface area contributed by atoms with Crippen LogP contribution in [0, 0.1) is 0 Å². The second-order valence-corrected chi connectivity index (χ2v) is 5.25. The van der Waals surface area contributed by atoms with Crippen LogP contribution < -0.4 is 10.6 Å². The molecule has 0 aromatic carbocycles. The molecule has 0 spiro atoms. The van der Waals surface area contributed by atoms with Gasteiger partial charge in [0.25, 0.3) is 5.91 Å². The van der Waals surface area contributed by atoms with E-state index in [0.717, 1.165) is 13.1 Å². The lowest BCUT2D eigenvalue weighted by molar-refractivity contribution is 0.100. The Bertz CT molecular complexity index is 449. The Labute approximate surface area is 114 Å². The summed E-state index contributed by atoms with van der Waals surface area (Å²) in [5.41, 5.74) is 5.89. The van der Waals surface area contributed by atoms with E-state index in [1.54, 1.807) is 18.3 Å². The molecule has 1 saturated heterocycles. The number of rotatable bonds is 4. The van der Waals surface area contributed by atoms with Crippen molar-refractivity contribution >= 4 is 11.7 Å². The van der Waals surface area contributed by atoms with Crippen molar-refractivity contribution in [3.8, 4) is 0 Å². The molecule has 2 N–H and O–H groups in total. The second kappa shape index (κ2) is 6.02. The molecular formula is C14H22N4O. The van der Waals surface area contributed by atoms with E-state index in [1.807, 2.05) is 11.9 Å². The molecule has 0 bridgehead atoms. The Hall–Kier alpha value is -1.62. The second-order valence-electron chi connectivity index (χ2n) is 5.25. The molecule has 5 heteroatoms. The van der Waals surface area contributed by atoms with Gasteiger partial charge in [-0.05, 0) is 38.6 Å². The molecule has 1 atom stereocenters. The molecule has 1 fully saturated rings. The Balaban J connectivity index is 2.11. The number of primary amides is 1. The summed E-state index contributed by atoms with van der Waals surface area (Å²) in [5.74, 6) is 0.251. The largest absolute Gasteiger partial charge is 0.365 e. The molecular weight excluding hydrogens is 240 g/mol. The average Bonchev–Trinajstić information content (AvgIpc) is 2.41. The van der Waals surface area contributed by atoms with Crippen LogP contribution in [-0.4, -0.2) is 49.0 Å². The fourth-order valence-corrected chi connectivity index (χ4v) is 2.67. The van der Waals surface area contributed by atoms with Crippen LogP contribution in [0.3, 0.4) is 0 Å². The Morgan fingerprint density at radius 3 is 3.05 bits per heavy atom. The molecule has 1 aliphatic heterocycles. The molecule has 1 aromatic rings. The zero-order valence-corrected chi connectivity index (χ0v) is 11.7. The molecule has 5 nitrogen and oxygen atoms in total. The maximum Gasteiger partial charge on any atom is 0.252 e. The van der Waals surface area contributed by atoms with Crippen molar-refractivity contribution in [3.63, 3.8) is 0 Å². The first-order chi connectivity index (χ1) is 9.09. The monoisotopic (exact) mass is 262 g/mol. The number of anilines is 1. The van der Waals surface area contributed by atoms with E-state index in [1.165, 1.54) is 19.3 Å². The lowest BCUT2D eigenvalue weighted by Crippen LogP contribution is -2.44. The summed E-state index contributed by atoms with van der Waals surface area (Å²) in [5, 5.41) is 0. The van der Waals surface area contributed by atoms with Gasteiger partial charge in [0.2, 0.25) is 0 Å². The van der Waals surface area contributed by atoms with Gasteiger partial charge >= 0.3 is 0 Å². The SMILES string of the molecule is CN(C[C@H]1CCCCN1C)c1ncccc1C(N)=O. The van der Waals surface area contributed by atoms with Crippen LogP contribution in [0.15, 0.2) is 18.3 Å². The smallest absolute Gasteiger partial charge is 0.252 e. The lowest BCUT2D eigenvalue weighted by Gasteiger charge is -2.35. The molecule has 1 amide bonds. The number of likely N-dealkylation sites (tertiary alicyclic amines) is 1. The predicted octanol–water partition coefficient (Wildman–Crippen LogP) is 1.10. The van der Waals surface area contributed by atoms with E-state index in [4.69, 9.17) is 5.73 Å². The third kappa shape index (κ3) is 3.23. The van der Waals surface area contributed by atoms with Crippen molar-refractivity contribution in [2.75, 3.05) is 32.1 Å². The maximum absolute atomic E-state index is 11.4. The zero-order valence-electron chi connectivity index (χ0n) is 11.7. The van der Waals surface area contributed by atoms with Crippen LogP contribution in [0.5, 0.6) is 0 Å². The number of carbonyl (C=O) groups excluding carboxylic acids is 1. The molecule has 0 radical (unpaired) electrons. The maximum atomic E-state index is 11.4. The number of hydrogen-bond donors (Lipinski definition) is 1. The Kier molecular flexibility index (Phi) is 4.37. The molecule has 2 rings (SSSR count). The first kappa shape index (κ1) is 13.8. The van der Waals surface area contributed by atoms with Crippen LogP contribution >= 0.6 is 0 Å². The number of carbonyl (C=O) groups is 1. The molecule has 2 heterocycles. The fraction of sp³-hybridized carbons (Fsp3) is 0.571. The topological polar surface area (TPSA) is 62.5 Å². The van der Waals surface area contributed by atoms with Gasteiger partial charge in [-0.1, -0.05) is 6.42 Å². The molecule has 0 saturated carbocycles. The summed E-state index contributed by atoms with van der Waals surface area (Å²) in [4.78, 5) is 20.1. The summed E-state index contributed by atoms with van der Waals surface area (Å²) >= 11 is 0. The highest BCUT2D eigenvalue weighted by molar-refractivity contribution is 5.97. The normalized spacial score (nSPS) is 20.2. The summed E-state index contributed by atoms with van der Waals surface area (Å²) in [6, 6.07) is 3.98. The first-order valence-corrected chi connectivity index (χ1v) is 6.76. The van der Waals surface area contributed by atoms with Gasteiger partial charge in [0.15, 0.2) is 0 Å². The predicted molar refractivity (Wildman–Crippen MR) is 76.3 cm³/mol. The number of piperidine rings is 1. The van der Waals surface area contributed by atoms with Crippen molar-refractivity contribution in [1.82, 2.24) is 9.88 Å². The highest BCUT2D eigenvalue weighted by atomic mass is 16.1. The quantitative estimate of drug-likeness (QED) is 0.882. The third-order valence-corrected chi connectivity index (χ3v) is 3.82. The summed E-state index contributed by atoms with van der Waals surface area (Å²) < 4.78 is 0. The van der Waals surface area contributed by atoms with Crippen LogP contribution in [0.4, 0.5) is 5.82 Å². The summed E-state index contributed by atoms with van der Waals surface area (Å²) in [6.07, 6.45) is 5.43. The van der Waals surface area contributed by atoms with E-state index in [9.17, 15) is 4.79 Å². The number of aromatic nitrogens is 1. The lowest BCUT2D eigenvalue weighted by atomic mass is 10.0. The third-order valence-electron chi connectivity index (χ3n) is 3.82. The van der Waals surface area contributed by atoms with Gasteiger partial charge in [-0.3, -0.25) is 4.79 Å². The van der Waals surface area contributed by atoms with Crippen LogP contribution in [-0.2, 0) is 0 Å². The van der Waals surface area contributed by atoms with Crippen molar-refractivity contribution in [2.24, 2.45) is 5.73 Å². The molecule has 19 heavy (non-hydrogen) atoms. The molecule has 0 aliphatic carbocycles. The summed E-state index contributed by atoms with van der Waals surface area (Å²) in [6.45, 7) is 2.01. The van der Waals surface area contributed by atoms with E-state index in [0.29, 0.717) is 17.4 Å².